The van der Waals surface area contributed by atoms with Crippen LogP contribution in [0, 0.1) is 0 Å². The lowest BCUT2D eigenvalue weighted by atomic mass is 9.90. The average molecular weight is 380 g/mol. The van der Waals surface area contributed by atoms with Crippen molar-refractivity contribution >= 4 is 23.5 Å². The first kappa shape index (κ1) is 19.6. The van der Waals surface area contributed by atoms with Gasteiger partial charge in [0.25, 0.3) is 5.91 Å². The van der Waals surface area contributed by atoms with Gasteiger partial charge in [-0.25, -0.2) is 0 Å². The summed E-state index contributed by atoms with van der Waals surface area (Å²) in [5, 5.41) is 14.1. The second-order valence-corrected chi connectivity index (χ2v) is 7.15. The quantitative estimate of drug-likeness (QED) is 0.718. The van der Waals surface area contributed by atoms with E-state index in [4.69, 9.17) is 5.11 Å². The molecule has 1 unspecified atom stereocenters. The molecule has 1 atom stereocenters. The van der Waals surface area contributed by atoms with Crippen LogP contribution in [0.5, 0.6) is 0 Å². The number of aliphatic carboxylic acids is 1. The van der Waals surface area contributed by atoms with Gasteiger partial charge in [-0.1, -0.05) is 18.2 Å². The molecule has 0 saturated heterocycles. The third kappa shape index (κ3) is 4.97. The number of aryl methyl sites for hydroxylation is 2. The Morgan fingerprint density at radius 2 is 1.68 bits per heavy atom. The number of carboxylic acids is 1. The molecule has 0 bridgehead atoms. The van der Waals surface area contributed by atoms with Crippen molar-refractivity contribution in [1.82, 2.24) is 5.32 Å². The number of anilines is 1. The second kappa shape index (κ2) is 8.69. The van der Waals surface area contributed by atoms with Crippen LogP contribution >= 0.6 is 0 Å². The Labute approximate surface area is 164 Å². The third-order valence-electron chi connectivity index (χ3n) is 4.93. The molecule has 146 valence electrons. The zero-order valence-corrected chi connectivity index (χ0v) is 15.8. The van der Waals surface area contributed by atoms with Gasteiger partial charge in [0.1, 0.15) is 6.04 Å². The molecule has 0 saturated carbocycles. The third-order valence-corrected chi connectivity index (χ3v) is 4.93. The van der Waals surface area contributed by atoms with Crippen LogP contribution in [-0.4, -0.2) is 28.9 Å². The number of nitrogens with one attached hydrogen (secondary N) is 2. The van der Waals surface area contributed by atoms with Crippen molar-refractivity contribution in [3.8, 4) is 0 Å². The smallest absolute Gasteiger partial charge is 0.325 e. The number of carbonyl (C=O) groups is 3. The van der Waals surface area contributed by atoms with Gasteiger partial charge in [-0.3, -0.25) is 14.4 Å². The van der Waals surface area contributed by atoms with Gasteiger partial charge in [0, 0.05) is 11.3 Å². The van der Waals surface area contributed by atoms with Crippen molar-refractivity contribution in [3.63, 3.8) is 0 Å². The van der Waals surface area contributed by atoms with E-state index in [1.165, 1.54) is 30.9 Å². The molecule has 1 aliphatic rings. The van der Waals surface area contributed by atoms with Crippen molar-refractivity contribution in [2.24, 2.45) is 0 Å². The monoisotopic (exact) mass is 380 g/mol. The molecular weight excluding hydrogens is 356 g/mol. The molecule has 3 N–H and O–H groups in total. The summed E-state index contributed by atoms with van der Waals surface area (Å²) in [6.07, 6.45) is 4.93. The van der Waals surface area contributed by atoms with Crippen molar-refractivity contribution in [3.05, 3.63) is 64.7 Å². The Bertz CT molecular complexity index is 890. The summed E-state index contributed by atoms with van der Waals surface area (Å²) < 4.78 is 0. The summed E-state index contributed by atoms with van der Waals surface area (Å²) in [4.78, 5) is 35.1. The second-order valence-electron chi connectivity index (χ2n) is 7.15. The van der Waals surface area contributed by atoms with Crippen LogP contribution in [0.2, 0.25) is 0 Å². The van der Waals surface area contributed by atoms with Gasteiger partial charge in [-0.05, 0) is 73.6 Å². The van der Waals surface area contributed by atoms with E-state index in [0.717, 1.165) is 18.4 Å². The topological polar surface area (TPSA) is 95.5 Å². The minimum atomic E-state index is -1.10. The van der Waals surface area contributed by atoms with E-state index in [-0.39, 0.29) is 5.91 Å². The fourth-order valence-corrected chi connectivity index (χ4v) is 3.33. The Morgan fingerprint density at radius 3 is 2.36 bits per heavy atom. The first-order valence-corrected chi connectivity index (χ1v) is 9.46. The van der Waals surface area contributed by atoms with Crippen LogP contribution in [0.3, 0.4) is 0 Å². The molecule has 0 radical (unpaired) electrons. The van der Waals surface area contributed by atoms with Crippen molar-refractivity contribution in [2.45, 2.75) is 45.1 Å². The summed E-state index contributed by atoms with van der Waals surface area (Å²) in [6, 6.07) is 11.7. The largest absolute Gasteiger partial charge is 0.480 e. The van der Waals surface area contributed by atoms with E-state index >= 15 is 0 Å². The van der Waals surface area contributed by atoms with E-state index in [2.05, 4.69) is 22.8 Å². The summed E-state index contributed by atoms with van der Waals surface area (Å²) in [5.74, 6) is -1.69. The summed E-state index contributed by atoms with van der Waals surface area (Å²) in [7, 11) is 0. The predicted octanol–water partition coefficient (Wildman–Crippen LogP) is 2.95. The number of carbonyl (C=O) groups excluding carboxylic acids is 2. The standard InChI is InChI=1S/C22H24N2O4/c1-14(22(27)28)23-21(26)17-8-10-19(11-9-17)24-20(25)13-15-6-7-16-4-2-3-5-18(16)12-15/h6-12,14H,2-5,13H2,1H3,(H,23,26)(H,24,25)(H,27,28). The van der Waals surface area contributed by atoms with E-state index in [9.17, 15) is 14.4 Å². The molecule has 0 heterocycles. The fourth-order valence-electron chi connectivity index (χ4n) is 3.33. The Balaban J connectivity index is 1.57. The number of hydrogen-bond donors (Lipinski definition) is 3. The maximum atomic E-state index is 12.3. The first-order chi connectivity index (χ1) is 13.4. The lowest BCUT2D eigenvalue weighted by Gasteiger charge is -2.16. The van der Waals surface area contributed by atoms with Gasteiger partial charge in [0.05, 0.1) is 6.42 Å². The minimum Gasteiger partial charge on any atom is -0.480 e. The van der Waals surface area contributed by atoms with Gasteiger partial charge < -0.3 is 15.7 Å². The first-order valence-electron chi connectivity index (χ1n) is 9.46. The zero-order chi connectivity index (χ0) is 20.1. The minimum absolute atomic E-state index is 0.118. The highest BCUT2D eigenvalue weighted by Gasteiger charge is 2.15. The summed E-state index contributed by atoms with van der Waals surface area (Å²) in [5.41, 5.74) is 4.66. The molecule has 6 heteroatoms. The van der Waals surface area contributed by atoms with Crippen LogP contribution in [0.1, 0.15) is 46.8 Å². The molecule has 28 heavy (non-hydrogen) atoms. The fraction of sp³-hybridized carbons (Fsp3) is 0.318. The number of benzene rings is 2. The van der Waals surface area contributed by atoms with Crippen LogP contribution in [0.25, 0.3) is 0 Å². The van der Waals surface area contributed by atoms with Crippen molar-refractivity contribution < 1.29 is 19.5 Å². The SMILES string of the molecule is CC(NC(=O)c1ccc(NC(=O)Cc2ccc3c(c2)CCCC3)cc1)C(=O)O. The number of amides is 2. The maximum absolute atomic E-state index is 12.3. The molecule has 6 nitrogen and oxygen atoms in total. The molecule has 3 rings (SSSR count). The van der Waals surface area contributed by atoms with Crippen LogP contribution in [-0.2, 0) is 28.9 Å². The number of hydrogen-bond acceptors (Lipinski definition) is 3. The molecule has 2 aromatic rings. The van der Waals surface area contributed by atoms with Crippen LogP contribution < -0.4 is 10.6 Å². The van der Waals surface area contributed by atoms with Gasteiger partial charge in [-0.15, -0.1) is 0 Å². The molecule has 1 aliphatic carbocycles. The van der Waals surface area contributed by atoms with E-state index < -0.39 is 17.9 Å². The van der Waals surface area contributed by atoms with Gasteiger partial charge in [-0.2, -0.15) is 0 Å². The maximum Gasteiger partial charge on any atom is 0.325 e. The molecule has 2 amide bonds. The van der Waals surface area contributed by atoms with Crippen LogP contribution in [0.15, 0.2) is 42.5 Å². The van der Waals surface area contributed by atoms with Crippen molar-refractivity contribution in [2.75, 3.05) is 5.32 Å². The Morgan fingerprint density at radius 1 is 1.00 bits per heavy atom. The van der Waals surface area contributed by atoms with E-state index in [1.54, 1.807) is 24.3 Å². The molecular formula is C22H24N2O4. The molecule has 2 aromatic carbocycles. The van der Waals surface area contributed by atoms with Gasteiger partial charge in [0.2, 0.25) is 5.91 Å². The highest BCUT2D eigenvalue weighted by Crippen LogP contribution is 2.22. The normalized spacial score (nSPS) is 13.9. The lowest BCUT2D eigenvalue weighted by molar-refractivity contribution is -0.138. The van der Waals surface area contributed by atoms with Gasteiger partial charge >= 0.3 is 5.97 Å². The average Bonchev–Trinajstić information content (AvgIpc) is 2.68. The van der Waals surface area contributed by atoms with Crippen LogP contribution in [0.4, 0.5) is 5.69 Å². The van der Waals surface area contributed by atoms with Gasteiger partial charge in [0.15, 0.2) is 0 Å². The van der Waals surface area contributed by atoms with E-state index in [1.807, 2.05) is 6.07 Å². The summed E-state index contributed by atoms with van der Waals surface area (Å²) in [6.45, 7) is 1.40. The molecule has 0 aromatic heterocycles. The number of rotatable bonds is 6. The Kier molecular flexibility index (Phi) is 6.09. The Hall–Kier alpha value is -3.15. The highest BCUT2D eigenvalue weighted by molar-refractivity contribution is 5.97. The zero-order valence-electron chi connectivity index (χ0n) is 15.8. The molecule has 0 aliphatic heterocycles. The predicted molar refractivity (Wildman–Crippen MR) is 106 cm³/mol. The summed E-state index contributed by atoms with van der Waals surface area (Å²) >= 11 is 0. The number of fused-ring (bicyclic) bond motifs is 1. The lowest BCUT2D eigenvalue weighted by Crippen LogP contribution is -2.38. The van der Waals surface area contributed by atoms with Crippen molar-refractivity contribution in [1.29, 1.82) is 0 Å². The van der Waals surface area contributed by atoms with E-state index in [0.29, 0.717) is 17.7 Å². The molecule has 0 spiro atoms. The molecule has 0 fully saturated rings. The number of carboxylic acid groups (broad SMARTS) is 1. The highest BCUT2D eigenvalue weighted by atomic mass is 16.4.